The highest BCUT2D eigenvalue weighted by Crippen LogP contribution is 2.35. The molecular formula is C22H41ClN2. The first-order valence-corrected chi connectivity index (χ1v) is 11.7. The van der Waals surface area contributed by atoms with Gasteiger partial charge in [-0.1, -0.05) is 51.9 Å². The predicted octanol–water partition coefficient (Wildman–Crippen LogP) is 5.62. The maximum atomic E-state index is 6.81. The summed E-state index contributed by atoms with van der Waals surface area (Å²) in [5, 5.41) is 4.46. The van der Waals surface area contributed by atoms with Crippen LogP contribution in [0.1, 0.15) is 96.8 Å². The Morgan fingerprint density at radius 3 is 2.36 bits per heavy atom. The molecule has 3 saturated carbocycles. The van der Waals surface area contributed by atoms with E-state index in [4.69, 9.17) is 17.3 Å². The average Bonchev–Trinajstić information content (AvgIpc) is 2.62. The molecule has 3 heteroatoms. The molecule has 6 atom stereocenters. The summed E-state index contributed by atoms with van der Waals surface area (Å²) in [7, 11) is 0. The quantitative estimate of drug-likeness (QED) is 0.597. The number of nitrogens with two attached hydrogens (primary N) is 1. The van der Waals surface area contributed by atoms with E-state index in [1.807, 2.05) is 0 Å². The van der Waals surface area contributed by atoms with Crippen molar-refractivity contribution in [2.45, 2.75) is 120 Å². The highest BCUT2D eigenvalue weighted by Gasteiger charge is 2.33. The molecule has 3 aliphatic rings. The molecule has 0 aliphatic heterocycles. The van der Waals surface area contributed by atoms with Crippen LogP contribution in [-0.2, 0) is 0 Å². The molecule has 3 N–H and O–H groups in total. The van der Waals surface area contributed by atoms with Crippen LogP contribution in [-0.4, -0.2) is 23.5 Å². The largest absolute Gasteiger partial charge is 0.327 e. The fourth-order valence-electron chi connectivity index (χ4n) is 5.97. The van der Waals surface area contributed by atoms with Crippen LogP contribution in [0.25, 0.3) is 0 Å². The number of hydrogen-bond acceptors (Lipinski definition) is 2. The number of halogens is 1. The maximum Gasteiger partial charge on any atom is 0.0350 e. The second-order valence-corrected chi connectivity index (χ2v) is 10.1. The summed E-state index contributed by atoms with van der Waals surface area (Å²) in [5.41, 5.74) is 6.81. The van der Waals surface area contributed by atoms with Crippen LogP contribution in [0, 0.1) is 17.8 Å². The van der Waals surface area contributed by atoms with Crippen LogP contribution >= 0.6 is 11.6 Å². The first-order chi connectivity index (χ1) is 12.1. The van der Waals surface area contributed by atoms with E-state index in [-0.39, 0.29) is 0 Å². The molecule has 0 radical (unpaired) electrons. The van der Waals surface area contributed by atoms with Crippen LogP contribution in [0.2, 0.25) is 0 Å². The van der Waals surface area contributed by atoms with Gasteiger partial charge in [0.15, 0.2) is 0 Å². The van der Waals surface area contributed by atoms with Crippen molar-refractivity contribution >= 4 is 11.6 Å². The Morgan fingerprint density at radius 1 is 0.920 bits per heavy atom. The Morgan fingerprint density at radius 2 is 1.64 bits per heavy atom. The van der Waals surface area contributed by atoms with E-state index in [0.29, 0.717) is 23.5 Å². The Kier molecular flexibility index (Phi) is 7.94. The molecule has 0 aromatic rings. The van der Waals surface area contributed by atoms with Crippen LogP contribution in [0.4, 0.5) is 0 Å². The van der Waals surface area contributed by atoms with Crippen molar-refractivity contribution in [1.82, 2.24) is 5.32 Å². The van der Waals surface area contributed by atoms with E-state index in [0.717, 1.165) is 24.2 Å². The Balaban J connectivity index is 1.60. The molecule has 0 saturated heterocycles. The highest BCUT2D eigenvalue weighted by molar-refractivity contribution is 6.20. The molecule has 6 unspecified atom stereocenters. The second-order valence-electron chi connectivity index (χ2n) is 9.46. The molecule has 25 heavy (non-hydrogen) atoms. The minimum absolute atomic E-state index is 0.380. The summed E-state index contributed by atoms with van der Waals surface area (Å²) in [4.78, 5) is 0. The molecule has 0 spiro atoms. The lowest BCUT2D eigenvalue weighted by Crippen LogP contribution is -2.50. The monoisotopic (exact) mass is 368 g/mol. The molecule has 0 aromatic carbocycles. The predicted molar refractivity (Wildman–Crippen MR) is 109 cm³/mol. The molecular weight excluding hydrogens is 328 g/mol. The zero-order valence-corrected chi connectivity index (χ0v) is 17.2. The van der Waals surface area contributed by atoms with E-state index >= 15 is 0 Å². The van der Waals surface area contributed by atoms with E-state index in [1.54, 1.807) is 0 Å². The standard InChI is InChI=1S/C22H41ClN2/c1-16-8-5-6-13-20(16)21(24)15-22(17-9-3-2-4-10-17)25-19-12-7-11-18(23)14-19/h16-22,25H,2-15,24H2,1H3. The van der Waals surface area contributed by atoms with Crippen molar-refractivity contribution in [2.24, 2.45) is 23.5 Å². The number of alkyl halides is 1. The van der Waals surface area contributed by atoms with Crippen molar-refractivity contribution < 1.29 is 0 Å². The molecule has 146 valence electrons. The summed E-state index contributed by atoms with van der Waals surface area (Å²) in [5.74, 6) is 2.40. The van der Waals surface area contributed by atoms with Crippen molar-refractivity contribution in [1.29, 1.82) is 0 Å². The van der Waals surface area contributed by atoms with Gasteiger partial charge in [-0.05, 0) is 62.7 Å². The lowest BCUT2D eigenvalue weighted by Gasteiger charge is -2.40. The van der Waals surface area contributed by atoms with Gasteiger partial charge in [0, 0.05) is 23.5 Å². The Hall–Kier alpha value is 0.210. The highest BCUT2D eigenvalue weighted by atomic mass is 35.5. The second kappa shape index (κ2) is 9.95. The minimum atomic E-state index is 0.380. The smallest absolute Gasteiger partial charge is 0.0350 e. The van der Waals surface area contributed by atoms with Gasteiger partial charge in [0.25, 0.3) is 0 Å². The summed E-state index contributed by atoms with van der Waals surface area (Å²) < 4.78 is 0. The van der Waals surface area contributed by atoms with Gasteiger partial charge < -0.3 is 11.1 Å². The van der Waals surface area contributed by atoms with Crippen molar-refractivity contribution in [3.05, 3.63) is 0 Å². The topological polar surface area (TPSA) is 38.0 Å². The third-order valence-electron chi connectivity index (χ3n) is 7.53. The average molecular weight is 369 g/mol. The molecule has 0 bridgehead atoms. The fourth-order valence-corrected chi connectivity index (χ4v) is 6.34. The summed E-state index contributed by atoms with van der Waals surface area (Å²) in [6.45, 7) is 2.44. The minimum Gasteiger partial charge on any atom is -0.327 e. The van der Waals surface area contributed by atoms with Gasteiger partial charge in [-0.2, -0.15) is 0 Å². The van der Waals surface area contributed by atoms with Crippen LogP contribution in [0.5, 0.6) is 0 Å². The molecule has 3 fully saturated rings. The fraction of sp³-hybridized carbons (Fsp3) is 1.00. The van der Waals surface area contributed by atoms with Gasteiger partial charge >= 0.3 is 0 Å². The van der Waals surface area contributed by atoms with Gasteiger partial charge in [0.05, 0.1) is 0 Å². The van der Waals surface area contributed by atoms with Crippen LogP contribution in [0.3, 0.4) is 0 Å². The van der Waals surface area contributed by atoms with Crippen LogP contribution in [0.15, 0.2) is 0 Å². The lowest BCUT2D eigenvalue weighted by atomic mass is 9.73. The van der Waals surface area contributed by atoms with E-state index in [1.165, 1.54) is 83.5 Å². The van der Waals surface area contributed by atoms with Gasteiger partial charge in [-0.25, -0.2) is 0 Å². The molecule has 3 rings (SSSR count). The number of rotatable bonds is 6. The van der Waals surface area contributed by atoms with Gasteiger partial charge in [0.2, 0.25) is 0 Å². The molecule has 0 amide bonds. The first kappa shape index (κ1) is 20.0. The first-order valence-electron chi connectivity index (χ1n) is 11.3. The summed E-state index contributed by atoms with van der Waals surface area (Å²) in [6, 6.07) is 1.63. The lowest BCUT2D eigenvalue weighted by molar-refractivity contribution is 0.166. The zero-order valence-electron chi connectivity index (χ0n) is 16.4. The normalized spacial score (nSPS) is 37.6. The van der Waals surface area contributed by atoms with Gasteiger partial charge in [-0.3, -0.25) is 0 Å². The summed E-state index contributed by atoms with van der Waals surface area (Å²) >= 11 is 6.46. The molecule has 3 aliphatic carbocycles. The number of nitrogens with one attached hydrogen (secondary N) is 1. The zero-order chi connectivity index (χ0) is 17.6. The van der Waals surface area contributed by atoms with Crippen LogP contribution < -0.4 is 11.1 Å². The third kappa shape index (κ3) is 5.84. The molecule has 2 nitrogen and oxygen atoms in total. The van der Waals surface area contributed by atoms with E-state index in [2.05, 4.69) is 12.2 Å². The molecule has 0 aromatic heterocycles. The van der Waals surface area contributed by atoms with Crippen molar-refractivity contribution in [3.63, 3.8) is 0 Å². The summed E-state index contributed by atoms with van der Waals surface area (Å²) in [6.07, 6.45) is 18.7. The van der Waals surface area contributed by atoms with Gasteiger partial charge in [0.1, 0.15) is 0 Å². The van der Waals surface area contributed by atoms with E-state index < -0.39 is 0 Å². The van der Waals surface area contributed by atoms with Crippen molar-refractivity contribution in [3.8, 4) is 0 Å². The third-order valence-corrected chi connectivity index (χ3v) is 7.93. The Labute approximate surface area is 161 Å². The maximum absolute atomic E-state index is 6.81. The number of hydrogen-bond donors (Lipinski definition) is 2. The Bertz CT molecular complexity index is 382. The van der Waals surface area contributed by atoms with E-state index in [9.17, 15) is 0 Å². The van der Waals surface area contributed by atoms with Crippen molar-refractivity contribution in [2.75, 3.05) is 0 Å². The SMILES string of the molecule is CC1CCCCC1C(N)CC(NC1CCCC(Cl)C1)C1CCCCC1. The molecule has 0 heterocycles. The van der Waals surface area contributed by atoms with Gasteiger partial charge in [-0.15, -0.1) is 11.6 Å².